The summed E-state index contributed by atoms with van der Waals surface area (Å²) in [6.07, 6.45) is -4.69. The van der Waals surface area contributed by atoms with Gasteiger partial charge in [0.05, 0.1) is 11.3 Å². The summed E-state index contributed by atoms with van der Waals surface area (Å²) in [4.78, 5) is 26.7. The number of benzene rings is 2. The molecule has 2 amide bonds. The van der Waals surface area contributed by atoms with Crippen LogP contribution in [0.2, 0.25) is 0 Å². The molecule has 0 spiro atoms. The van der Waals surface area contributed by atoms with Gasteiger partial charge in [-0.05, 0) is 24.3 Å². The summed E-state index contributed by atoms with van der Waals surface area (Å²) in [5.41, 5.74) is -0.482. The Balaban J connectivity index is 2.18. The minimum atomic E-state index is -4.59. The van der Waals surface area contributed by atoms with Crippen molar-refractivity contribution in [3.63, 3.8) is 0 Å². The van der Waals surface area contributed by atoms with Gasteiger partial charge in [0.1, 0.15) is 0 Å². The molecule has 0 aromatic heterocycles. The van der Waals surface area contributed by atoms with Crippen molar-refractivity contribution in [3.8, 4) is 0 Å². The minimum absolute atomic E-state index is 0.100. The van der Waals surface area contributed by atoms with Crippen LogP contribution in [0, 0.1) is 0 Å². The Bertz CT molecular complexity index is 776. The molecule has 0 atom stereocenters. The summed E-state index contributed by atoms with van der Waals surface area (Å²) in [6, 6.07) is 13.7. The van der Waals surface area contributed by atoms with E-state index in [0.717, 1.165) is 11.0 Å². The molecular weight excluding hydrogens is 345 g/mol. The van der Waals surface area contributed by atoms with E-state index in [1.165, 1.54) is 30.0 Å². The van der Waals surface area contributed by atoms with E-state index >= 15 is 0 Å². The average Bonchev–Trinajstić information content (AvgIpc) is 2.61. The van der Waals surface area contributed by atoms with E-state index in [9.17, 15) is 22.8 Å². The Hall–Kier alpha value is -2.83. The van der Waals surface area contributed by atoms with E-state index in [1.807, 2.05) is 6.07 Å². The van der Waals surface area contributed by atoms with Crippen LogP contribution in [0.3, 0.4) is 0 Å². The average molecular weight is 364 g/mol. The number of hydrogen-bond acceptors (Lipinski definition) is 2. The molecule has 2 rings (SSSR count). The molecule has 0 aliphatic heterocycles. The summed E-state index contributed by atoms with van der Waals surface area (Å²) in [5, 5.41) is 0. The second-order valence-corrected chi connectivity index (χ2v) is 5.72. The van der Waals surface area contributed by atoms with Crippen molar-refractivity contribution in [1.82, 2.24) is 0 Å². The monoisotopic (exact) mass is 364 g/mol. The van der Waals surface area contributed by atoms with Crippen LogP contribution in [0.1, 0.15) is 18.9 Å². The number of carbonyl (C=O) groups is 2. The zero-order chi connectivity index (χ0) is 19.3. The predicted molar refractivity (Wildman–Crippen MR) is 93.9 cm³/mol. The number of hydrogen-bond donors (Lipinski definition) is 0. The Labute approximate surface area is 149 Å². The first-order chi connectivity index (χ1) is 12.2. The highest BCUT2D eigenvalue weighted by molar-refractivity contribution is 5.96. The summed E-state index contributed by atoms with van der Waals surface area (Å²) >= 11 is 0. The fourth-order valence-corrected chi connectivity index (χ4v) is 2.57. The molecule has 26 heavy (non-hydrogen) atoms. The maximum absolute atomic E-state index is 13.2. The number of carbonyl (C=O) groups excluding carboxylic acids is 2. The lowest BCUT2D eigenvalue weighted by atomic mass is 10.1. The SMILES string of the molecule is CC(=O)N(CCC(=O)N(C)c1ccccc1)c1ccccc1C(F)(F)F. The van der Waals surface area contributed by atoms with Crippen molar-refractivity contribution in [2.75, 3.05) is 23.4 Å². The second kappa shape index (κ2) is 8.03. The molecule has 138 valence electrons. The number of para-hydroxylation sites is 2. The van der Waals surface area contributed by atoms with Crippen LogP contribution in [-0.4, -0.2) is 25.4 Å². The van der Waals surface area contributed by atoms with Gasteiger partial charge in [0, 0.05) is 32.6 Å². The number of rotatable bonds is 5. The molecule has 0 bridgehead atoms. The third-order valence-electron chi connectivity index (χ3n) is 3.95. The topological polar surface area (TPSA) is 40.6 Å². The van der Waals surface area contributed by atoms with Crippen molar-refractivity contribution in [1.29, 1.82) is 0 Å². The van der Waals surface area contributed by atoms with Crippen LogP contribution < -0.4 is 9.80 Å². The number of anilines is 2. The largest absolute Gasteiger partial charge is 0.418 e. The zero-order valence-electron chi connectivity index (χ0n) is 14.5. The highest BCUT2D eigenvalue weighted by atomic mass is 19.4. The lowest BCUT2D eigenvalue weighted by Gasteiger charge is -2.25. The van der Waals surface area contributed by atoms with Crippen LogP contribution in [0.15, 0.2) is 54.6 Å². The molecule has 0 saturated carbocycles. The van der Waals surface area contributed by atoms with Gasteiger partial charge in [-0.1, -0.05) is 30.3 Å². The van der Waals surface area contributed by atoms with Gasteiger partial charge in [-0.15, -0.1) is 0 Å². The molecule has 0 N–H and O–H groups in total. The molecule has 0 heterocycles. The molecule has 0 fully saturated rings. The lowest BCUT2D eigenvalue weighted by Crippen LogP contribution is -2.35. The number of nitrogens with zero attached hydrogens (tertiary/aromatic N) is 2. The predicted octanol–water partition coefficient (Wildman–Crippen LogP) is 4.11. The van der Waals surface area contributed by atoms with Crippen molar-refractivity contribution in [2.24, 2.45) is 0 Å². The molecule has 0 aliphatic rings. The van der Waals surface area contributed by atoms with Gasteiger partial charge in [0.15, 0.2) is 0 Å². The van der Waals surface area contributed by atoms with Crippen molar-refractivity contribution in [3.05, 3.63) is 60.2 Å². The first-order valence-electron chi connectivity index (χ1n) is 7.97. The third-order valence-corrected chi connectivity index (χ3v) is 3.95. The fraction of sp³-hybridized carbons (Fsp3) is 0.263. The Morgan fingerprint density at radius 2 is 1.54 bits per heavy atom. The van der Waals surface area contributed by atoms with Crippen LogP contribution in [0.25, 0.3) is 0 Å². The number of halogens is 3. The summed E-state index contributed by atoms with van der Waals surface area (Å²) in [7, 11) is 1.58. The summed E-state index contributed by atoms with van der Waals surface area (Å²) in [5.74, 6) is -0.858. The molecule has 2 aromatic rings. The number of alkyl halides is 3. The Morgan fingerprint density at radius 3 is 2.12 bits per heavy atom. The smallest absolute Gasteiger partial charge is 0.315 e. The highest BCUT2D eigenvalue weighted by Gasteiger charge is 2.35. The maximum Gasteiger partial charge on any atom is 0.418 e. The molecule has 0 aliphatic carbocycles. The van der Waals surface area contributed by atoms with Crippen LogP contribution in [0.5, 0.6) is 0 Å². The first kappa shape index (κ1) is 19.5. The van der Waals surface area contributed by atoms with Crippen molar-refractivity contribution in [2.45, 2.75) is 19.5 Å². The third kappa shape index (κ3) is 4.62. The van der Waals surface area contributed by atoms with Gasteiger partial charge in [0.25, 0.3) is 0 Å². The highest BCUT2D eigenvalue weighted by Crippen LogP contribution is 2.36. The zero-order valence-corrected chi connectivity index (χ0v) is 14.5. The number of amides is 2. The van der Waals surface area contributed by atoms with E-state index in [-0.39, 0.29) is 24.6 Å². The van der Waals surface area contributed by atoms with Gasteiger partial charge < -0.3 is 9.80 Å². The summed E-state index contributed by atoms with van der Waals surface area (Å²) < 4.78 is 39.6. The minimum Gasteiger partial charge on any atom is -0.315 e. The summed E-state index contributed by atoms with van der Waals surface area (Å²) in [6.45, 7) is 1.04. The molecule has 0 radical (unpaired) electrons. The van der Waals surface area contributed by atoms with Gasteiger partial charge in [0.2, 0.25) is 11.8 Å². The van der Waals surface area contributed by atoms with E-state index in [4.69, 9.17) is 0 Å². The fourth-order valence-electron chi connectivity index (χ4n) is 2.57. The van der Waals surface area contributed by atoms with E-state index < -0.39 is 17.6 Å². The quantitative estimate of drug-likeness (QED) is 0.801. The van der Waals surface area contributed by atoms with Gasteiger partial charge in [-0.25, -0.2) is 0 Å². The molecule has 4 nitrogen and oxygen atoms in total. The second-order valence-electron chi connectivity index (χ2n) is 5.72. The van der Waals surface area contributed by atoms with E-state index in [0.29, 0.717) is 5.69 Å². The molecule has 2 aromatic carbocycles. The first-order valence-corrected chi connectivity index (χ1v) is 7.97. The molecule has 0 saturated heterocycles. The van der Waals surface area contributed by atoms with Gasteiger partial charge >= 0.3 is 6.18 Å². The molecule has 7 heteroatoms. The lowest BCUT2D eigenvalue weighted by molar-refractivity contribution is -0.137. The Morgan fingerprint density at radius 1 is 0.962 bits per heavy atom. The normalized spacial score (nSPS) is 11.1. The van der Waals surface area contributed by atoms with E-state index in [1.54, 1.807) is 31.3 Å². The standard InChI is InChI=1S/C19H19F3N2O2/c1-14(25)24(17-11-7-6-10-16(17)19(20,21)22)13-12-18(26)23(2)15-8-4-3-5-9-15/h3-11H,12-13H2,1-2H3. The van der Waals surface area contributed by atoms with Crippen LogP contribution >= 0.6 is 0 Å². The van der Waals surface area contributed by atoms with Crippen molar-refractivity contribution >= 4 is 23.2 Å². The van der Waals surface area contributed by atoms with E-state index in [2.05, 4.69) is 0 Å². The van der Waals surface area contributed by atoms with Gasteiger partial charge in [-0.3, -0.25) is 9.59 Å². The molecule has 0 unspecified atom stereocenters. The van der Waals surface area contributed by atoms with Crippen LogP contribution in [0.4, 0.5) is 24.5 Å². The molecular formula is C19H19F3N2O2. The van der Waals surface area contributed by atoms with Crippen molar-refractivity contribution < 1.29 is 22.8 Å². The Kier molecular flexibility index (Phi) is 6.02. The van der Waals surface area contributed by atoms with Gasteiger partial charge in [-0.2, -0.15) is 13.2 Å². The maximum atomic E-state index is 13.2. The van der Waals surface area contributed by atoms with Crippen LogP contribution in [-0.2, 0) is 15.8 Å².